The zero-order chi connectivity index (χ0) is 9.30. The van der Waals surface area contributed by atoms with Gasteiger partial charge in [-0.3, -0.25) is 4.79 Å². The fourth-order valence-electron chi connectivity index (χ4n) is 0.708. The molecule has 0 fully saturated rings. The van der Waals surface area contributed by atoms with Crippen LogP contribution in [-0.2, 0) is 0 Å². The maximum absolute atomic E-state index is 10.3. The summed E-state index contributed by atoms with van der Waals surface area (Å²) in [5, 5.41) is 17.7. The molecule has 0 aliphatic heterocycles. The van der Waals surface area contributed by atoms with Gasteiger partial charge in [0, 0.05) is 5.56 Å². The van der Waals surface area contributed by atoms with Crippen LogP contribution in [0, 0.1) is 0 Å². The number of halogens is 2. The van der Waals surface area contributed by atoms with E-state index in [1.54, 1.807) is 0 Å². The van der Waals surface area contributed by atoms with E-state index >= 15 is 0 Å². The van der Waals surface area contributed by atoms with E-state index in [0.717, 1.165) is 6.07 Å². The van der Waals surface area contributed by atoms with Gasteiger partial charge in [-0.25, -0.2) is 0 Å². The number of hydrogen-bond donors (Lipinski definition) is 2. The Hall–Kier alpha value is -0.930. The Kier molecular flexibility index (Phi) is 2.45. The maximum atomic E-state index is 10.3. The minimum absolute atomic E-state index is 0.0389. The highest BCUT2D eigenvalue weighted by Crippen LogP contribution is 2.39. The predicted octanol–water partition coefficient (Wildman–Crippen LogP) is 2.22. The van der Waals surface area contributed by atoms with Crippen molar-refractivity contribution in [1.82, 2.24) is 0 Å². The van der Waals surface area contributed by atoms with E-state index in [1.807, 2.05) is 0 Å². The molecule has 0 radical (unpaired) electrons. The van der Waals surface area contributed by atoms with E-state index in [4.69, 9.17) is 33.4 Å². The van der Waals surface area contributed by atoms with E-state index in [9.17, 15) is 4.79 Å². The molecule has 1 rings (SSSR count). The molecule has 0 spiro atoms. The highest BCUT2D eigenvalue weighted by Gasteiger charge is 2.13. The molecular formula is C7H4Cl2O3. The summed E-state index contributed by atoms with van der Waals surface area (Å²) >= 11 is 11.0. The molecule has 0 amide bonds. The highest BCUT2D eigenvalue weighted by atomic mass is 35.5. The van der Waals surface area contributed by atoms with Crippen LogP contribution in [0.5, 0.6) is 11.5 Å². The van der Waals surface area contributed by atoms with Crippen LogP contribution in [0.2, 0.25) is 10.0 Å². The standard InChI is InChI=1S/C7H4Cl2O3/c8-5-3(2-10)1-4(11)7(12)6(5)9/h1-2,11-12H. The van der Waals surface area contributed by atoms with Gasteiger partial charge in [0.25, 0.3) is 0 Å². The normalized spacial score (nSPS) is 9.83. The minimum Gasteiger partial charge on any atom is -0.504 e. The Balaban J connectivity index is 3.49. The quantitative estimate of drug-likeness (QED) is 0.548. The number of aldehydes is 1. The van der Waals surface area contributed by atoms with Gasteiger partial charge in [0.1, 0.15) is 5.02 Å². The minimum atomic E-state index is -0.521. The Morgan fingerprint density at radius 1 is 1.25 bits per heavy atom. The lowest BCUT2D eigenvalue weighted by molar-refractivity contribution is 0.112. The molecule has 0 unspecified atom stereocenters. The molecule has 0 heterocycles. The molecule has 3 nitrogen and oxygen atoms in total. The first-order valence-electron chi connectivity index (χ1n) is 2.93. The first-order chi connectivity index (χ1) is 5.57. The Bertz CT molecular complexity index is 336. The van der Waals surface area contributed by atoms with Crippen LogP contribution in [0.25, 0.3) is 0 Å². The third-order valence-corrected chi connectivity index (χ3v) is 2.19. The van der Waals surface area contributed by atoms with Crippen molar-refractivity contribution in [2.24, 2.45) is 0 Å². The van der Waals surface area contributed by atoms with Gasteiger partial charge in [-0.1, -0.05) is 23.2 Å². The van der Waals surface area contributed by atoms with E-state index in [0.29, 0.717) is 6.29 Å². The van der Waals surface area contributed by atoms with Crippen LogP contribution in [0.4, 0.5) is 0 Å². The topological polar surface area (TPSA) is 57.5 Å². The molecule has 0 saturated heterocycles. The van der Waals surface area contributed by atoms with Crippen molar-refractivity contribution >= 4 is 29.5 Å². The summed E-state index contributed by atoms with van der Waals surface area (Å²) in [5.74, 6) is -0.987. The number of carbonyl (C=O) groups excluding carboxylic acids is 1. The maximum Gasteiger partial charge on any atom is 0.178 e. The van der Waals surface area contributed by atoms with Crippen molar-refractivity contribution in [2.45, 2.75) is 0 Å². The van der Waals surface area contributed by atoms with Gasteiger partial charge >= 0.3 is 0 Å². The van der Waals surface area contributed by atoms with Crippen LogP contribution in [0.15, 0.2) is 6.07 Å². The summed E-state index contributed by atoms with van der Waals surface area (Å²) in [5.41, 5.74) is 0.0389. The fourth-order valence-corrected chi connectivity index (χ4v) is 1.10. The van der Waals surface area contributed by atoms with E-state index in [1.165, 1.54) is 0 Å². The van der Waals surface area contributed by atoms with Gasteiger partial charge in [-0.2, -0.15) is 0 Å². The van der Waals surface area contributed by atoms with E-state index in [2.05, 4.69) is 0 Å². The average molecular weight is 207 g/mol. The Morgan fingerprint density at radius 3 is 2.33 bits per heavy atom. The van der Waals surface area contributed by atoms with Crippen LogP contribution in [-0.4, -0.2) is 16.5 Å². The lowest BCUT2D eigenvalue weighted by atomic mass is 10.2. The molecule has 1 aromatic rings. The van der Waals surface area contributed by atoms with Gasteiger partial charge in [0.2, 0.25) is 0 Å². The molecule has 0 bridgehead atoms. The van der Waals surface area contributed by atoms with Crippen molar-refractivity contribution in [2.75, 3.05) is 0 Å². The largest absolute Gasteiger partial charge is 0.504 e. The second kappa shape index (κ2) is 3.21. The lowest BCUT2D eigenvalue weighted by Crippen LogP contribution is -1.83. The summed E-state index contributed by atoms with van der Waals surface area (Å²) in [6.07, 6.45) is 0.438. The van der Waals surface area contributed by atoms with Crippen LogP contribution in [0.3, 0.4) is 0 Å². The number of rotatable bonds is 1. The zero-order valence-electron chi connectivity index (χ0n) is 5.71. The number of phenols is 2. The van der Waals surface area contributed by atoms with Crippen molar-refractivity contribution in [3.63, 3.8) is 0 Å². The smallest absolute Gasteiger partial charge is 0.178 e. The van der Waals surface area contributed by atoms with Gasteiger partial charge in [-0.05, 0) is 6.07 Å². The van der Waals surface area contributed by atoms with Crippen molar-refractivity contribution in [3.8, 4) is 11.5 Å². The molecule has 5 heteroatoms. The third-order valence-electron chi connectivity index (χ3n) is 1.32. The lowest BCUT2D eigenvalue weighted by Gasteiger charge is -2.03. The first-order valence-corrected chi connectivity index (χ1v) is 3.68. The molecule has 64 valence electrons. The molecule has 1 aromatic carbocycles. The summed E-state index contributed by atoms with van der Waals surface area (Å²) in [4.78, 5) is 10.3. The van der Waals surface area contributed by atoms with E-state index < -0.39 is 11.5 Å². The average Bonchev–Trinajstić information content (AvgIpc) is 2.08. The van der Waals surface area contributed by atoms with Crippen LogP contribution < -0.4 is 0 Å². The van der Waals surface area contributed by atoms with Gasteiger partial charge in [-0.15, -0.1) is 0 Å². The van der Waals surface area contributed by atoms with Gasteiger partial charge in [0.15, 0.2) is 17.8 Å². The summed E-state index contributed by atoms with van der Waals surface area (Å²) < 4.78 is 0. The first kappa shape index (κ1) is 9.16. The molecular weight excluding hydrogens is 203 g/mol. The third kappa shape index (κ3) is 1.33. The SMILES string of the molecule is O=Cc1cc(O)c(O)c(Cl)c1Cl. The van der Waals surface area contributed by atoms with E-state index in [-0.39, 0.29) is 15.6 Å². The predicted molar refractivity (Wildman–Crippen MR) is 45.2 cm³/mol. The monoisotopic (exact) mass is 206 g/mol. The summed E-state index contributed by atoms with van der Waals surface area (Å²) in [6, 6.07) is 1.04. The number of aromatic hydroxyl groups is 2. The Labute approximate surface area is 78.2 Å². The summed E-state index contributed by atoms with van der Waals surface area (Å²) in [7, 11) is 0. The molecule has 0 atom stereocenters. The second-order valence-corrected chi connectivity index (χ2v) is 2.84. The van der Waals surface area contributed by atoms with Gasteiger partial charge < -0.3 is 10.2 Å². The molecule has 12 heavy (non-hydrogen) atoms. The molecule has 0 aromatic heterocycles. The van der Waals surface area contributed by atoms with Crippen LogP contribution in [0.1, 0.15) is 10.4 Å². The molecule has 0 aliphatic rings. The summed E-state index contributed by atoms with van der Waals surface area (Å²) in [6.45, 7) is 0. The zero-order valence-corrected chi connectivity index (χ0v) is 7.23. The molecule has 2 N–H and O–H groups in total. The Morgan fingerprint density at radius 2 is 1.83 bits per heavy atom. The number of phenolic OH excluding ortho intramolecular Hbond substituents is 2. The number of carbonyl (C=O) groups is 1. The fraction of sp³-hybridized carbons (Fsp3) is 0. The molecule has 0 saturated carbocycles. The second-order valence-electron chi connectivity index (χ2n) is 2.08. The van der Waals surface area contributed by atoms with Crippen LogP contribution >= 0.6 is 23.2 Å². The van der Waals surface area contributed by atoms with Crippen molar-refractivity contribution in [3.05, 3.63) is 21.7 Å². The number of hydrogen-bond acceptors (Lipinski definition) is 3. The molecule has 0 aliphatic carbocycles. The van der Waals surface area contributed by atoms with Gasteiger partial charge in [0.05, 0.1) is 5.02 Å². The van der Waals surface area contributed by atoms with Crippen molar-refractivity contribution < 1.29 is 15.0 Å². The number of benzene rings is 1. The highest BCUT2D eigenvalue weighted by molar-refractivity contribution is 6.44. The van der Waals surface area contributed by atoms with Crippen molar-refractivity contribution in [1.29, 1.82) is 0 Å².